The van der Waals surface area contributed by atoms with Gasteiger partial charge in [-0.05, 0) is 50.3 Å². The van der Waals surface area contributed by atoms with Gasteiger partial charge in [0.2, 0.25) is 0 Å². The lowest BCUT2D eigenvalue weighted by Gasteiger charge is -2.40. The molecule has 0 spiro atoms. The molecule has 0 aliphatic heterocycles. The molecule has 1 aromatic rings. The van der Waals surface area contributed by atoms with Crippen LogP contribution in [0.15, 0.2) is 24.3 Å². The Hall–Kier alpha value is -1.91. The highest BCUT2D eigenvalue weighted by Crippen LogP contribution is 2.44. The number of esters is 1. The predicted octanol–water partition coefficient (Wildman–Crippen LogP) is 3.97. The fourth-order valence-electron chi connectivity index (χ4n) is 4.29. The number of benzene rings is 1. The Labute approximate surface area is 154 Å². The van der Waals surface area contributed by atoms with Gasteiger partial charge >= 0.3 is 5.97 Å². The number of amides is 1. The first-order valence-electron chi connectivity index (χ1n) is 9.79. The normalized spacial score (nSPS) is 19.5. The van der Waals surface area contributed by atoms with Gasteiger partial charge in [0.1, 0.15) is 5.82 Å². The topological polar surface area (TPSA) is 46.6 Å². The fraction of sp³-hybridized carbons (Fsp3) is 0.619. The molecule has 4 nitrogen and oxygen atoms in total. The number of carbonyl (C=O) groups excluding carboxylic acids is 2. The molecule has 5 heteroatoms. The average molecular weight is 361 g/mol. The SMILES string of the molecule is CCN(C(=O)COC(=O)C1(c2ccc(F)cc2)CCC1)C1CCCCC1. The van der Waals surface area contributed by atoms with Crippen molar-refractivity contribution >= 4 is 11.9 Å². The van der Waals surface area contributed by atoms with Crippen LogP contribution >= 0.6 is 0 Å². The van der Waals surface area contributed by atoms with Gasteiger partial charge in [0, 0.05) is 12.6 Å². The molecule has 0 unspecified atom stereocenters. The molecule has 0 bridgehead atoms. The van der Waals surface area contributed by atoms with Gasteiger partial charge in [0.15, 0.2) is 6.61 Å². The zero-order chi connectivity index (χ0) is 18.6. The Kier molecular flexibility index (Phi) is 5.94. The average Bonchev–Trinajstić information content (AvgIpc) is 2.62. The summed E-state index contributed by atoms with van der Waals surface area (Å²) in [5.41, 5.74) is 0.0674. The van der Waals surface area contributed by atoms with Gasteiger partial charge in [-0.1, -0.05) is 37.8 Å². The van der Waals surface area contributed by atoms with Crippen LogP contribution in [0.25, 0.3) is 0 Å². The summed E-state index contributed by atoms with van der Waals surface area (Å²) in [5.74, 6) is -0.789. The Morgan fingerprint density at radius 2 is 1.77 bits per heavy atom. The summed E-state index contributed by atoms with van der Waals surface area (Å²) >= 11 is 0. The Bertz CT molecular complexity index is 633. The van der Waals surface area contributed by atoms with Crippen LogP contribution in [0.5, 0.6) is 0 Å². The minimum absolute atomic E-state index is 0.110. The number of carbonyl (C=O) groups is 2. The van der Waals surface area contributed by atoms with Crippen LogP contribution < -0.4 is 0 Å². The van der Waals surface area contributed by atoms with E-state index >= 15 is 0 Å². The van der Waals surface area contributed by atoms with E-state index in [-0.39, 0.29) is 30.3 Å². The zero-order valence-electron chi connectivity index (χ0n) is 15.5. The zero-order valence-corrected chi connectivity index (χ0v) is 15.5. The summed E-state index contributed by atoms with van der Waals surface area (Å²) in [5, 5.41) is 0. The largest absolute Gasteiger partial charge is 0.455 e. The van der Waals surface area contributed by atoms with Gasteiger partial charge in [-0.15, -0.1) is 0 Å². The van der Waals surface area contributed by atoms with E-state index in [1.807, 2.05) is 11.8 Å². The van der Waals surface area contributed by atoms with Crippen molar-refractivity contribution in [2.75, 3.05) is 13.2 Å². The number of hydrogen-bond acceptors (Lipinski definition) is 3. The predicted molar refractivity (Wildman–Crippen MR) is 97.1 cm³/mol. The van der Waals surface area contributed by atoms with Crippen LogP contribution in [-0.2, 0) is 19.7 Å². The monoisotopic (exact) mass is 361 g/mol. The lowest BCUT2D eigenvalue weighted by molar-refractivity contribution is -0.161. The van der Waals surface area contributed by atoms with Crippen molar-refractivity contribution in [3.05, 3.63) is 35.6 Å². The molecule has 2 saturated carbocycles. The molecular formula is C21H28FNO3. The van der Waals surface area contributed by atoms with Crippen LogP contribution in [0.1, 0.15) is 63.9 Å². The van der Waals surface area contributed by atoms with Crippen molar-refractivity contribution in [3.63, 3.8) is 0 Å². The van der Waals surface area contributed by atoms with E-state index in [1.165, 1.54) is 18.6 Å². The minimum Gasteiger partial charge on any atom is -0.455 e. The van der Waals surface area contributed by atoms with Gasteiger partial charge in [-0.25, -0.2) is 4.39 Å². The number of nitrogens with zero attached hydrogens (tertiary/aromatic N) is 1. The standard InChI is InChI=1S/C21H28FNO3/c1-2-23(18-7-4-3-5-8-18)19(24)15-26-20(25)21(13-6-14-21)16-9-11-17(22)12-10-16/h9-12,18H,2-8,13-15H2,1H3. The van der Waals surface area contributed by atoms with Gasteiger partial charge in [0.05, 0.1) is 5.41 Å². The molecule has 0 saturated heterocycles. The summed E-state index contributed by atoms with van der Waals surface area (Å²) in [4.78, 5) is 27.2. The third-order valence-electron chi connectivity index (χ3n) is 6.00. The van der Waals surface area contributed by atoms with Crippen LogP contribution in [0, 0.1) is 5.82 Å². The highest BCUT2D eigenvalue weighted by atomic mass is 19.1. The lowest BCUT2D eigenvalue weighted by atomic mass is 9.64. The molecule has 3 rings (SSSR count). The van der Waals surface area contributed by atoms with Crippen molar-refractivity contribution in [2.24, 2.45) is 0 Å². The molecule has 2 aliphatic rings. The smallest absolute Gasteiger partial charge is 0.317 e. The quantitative estimate of drug-likeness (QED) is 0.720. The number of halogens is 1. The molecule has 1 aromatic carbocycles. The summed E-state index contributed by atoms with van der Waals surface area (Å²) in [6, 6.07) is 6.32. The molecule has 2 aliphatic carbocycles. The van der Waals surface area contributed by atoms with Crippen molar-refractivity contribution in [1.82, 2.24) is 4.90 Å². The molecule has 142 valence electrons. The number of likely N-dealkylation sites (N-methyl/N-ethyl adjacent to an activating group) is 1. The van der Waals surface area contributed by atoms with E-state index in [0.717, 1.165) is 37.7 Å². The van der Waals surface area contributed by atoms with E-state index in [1.54, 1.807) is 12.1 Å². The number of ether oxygens (including phenoxy) is 1. The summed E-state index contributed by atoms with van der Waals surface area (Å²) in [7, 11) is 0. The first-order valence-corrected chi connectivity index (χ1v) is 9.79. The Morgan fingerprint density at radius 3 is 2.31 bits per heavy atom. The molecule has 0 radical (unpaired) electrons. The molecule has 1 amide bonds. The van der Waals surface area contributed by atoms with E-state index in [4.69, 9.17) is 4.74 Å². The molecule has 0 aromatic heterocycles. The van der Waals surface area contributed by atoms with Crippen LogP contribution in [0.3, 0.4) is 0 Å². The fourth-order valence-corrected chi connectivity index (χ4v) is 4.29. The molecule has 26 heavy (non-hydrogen) atoms. The molecule has 0 atom stereocenters. The summed E-state index contributed by atoms with van der Waals surface area (Å²) in [6.45, 7) is 2.41. The van der Waals surface area contributed by atoms with Gasteiger partial charge in [0.25, 0.3) is 5.91 Å². The van der Waals surface area contributed by atoms with Crippen molar-refractivity contribution in [2.45, 2.75) is 69.7 Å². The summed E-state index contributed by atoms with van der Waals surface area (Å²) in [6.07, 6.45) is 7.92. The van der Waals surface area contributed by atoms with Gasteiger partial charge in [-0.2, -0.15) is 0 Å². The third-order valence-corrected chi connectivity index (χ3v) is 6.00. The third kappa shape index (κ3) is 3.76. The van der Waals surface area contributed by atoms with E-state index in [0.29, 0.717) is 19.4 Å². The molecular weight excluding hydrogens is 333 g/mol. The maximum Gasteiger partial charge on any atom is 0.317 e. The second kappa shape index (κ2) is 8.19. The Morgan fingerprint density at radius 1 is 1.12 bits per heavy atom. The van der Waals surface area contributed by atoms with Crippen LogP contribution in [0.2, 0.25) is 0 Å². The second-order valence-corrected chi connectivity index (χ2v) is 7.49. The lowest BCUT2D eigenvalue weighted by Crippen LogP contribution is -2.47. The maximum atomic E-state index is 13.2. The highest BCUT2D eigenvalue weighted by Gasteiger charge is 2.47. The first kappa shape index (κ1) is 18.9. The minimum atomic E-state index is -0.712. The number of hydrogen-bond donors (Lipinski definition) is 0. The highest BCUT2D eigenvalue weighted by molar-refractivity contribution is 5.87. The molecule has 0 heterocycles. The van der Waals surface area contributed by atoms with E-state index < -0.39 is 5.41 Å². The van der Waals surface area contributed by atoms with Crippen LogP contribution in [-0.4, -0.2) is 36.0 Å². The maximum absolute atomic E-state index is 13.2. The molecule has 0 N–H and O–H groups in total. The second-order valence-electron chi connectivity index (χ2n) is 7.49. The summed E-state index contributed by atoms with van der Waals surface area (Å²) < 4.78 is 18.6. The van der Waals surface area contributed by atoms with Gasteiger partial charge < -0.3 is 9.64 Å². The first-order chi connectivity index (χ1) is 12.6. The molecule has 2 fully saturated rings. The van der Waals surface area contributed by atoms with Crippen molar-refractivity contribution in [1.29, 1.82) is 0 Å². The van der Waals surface area contributed by atoms with Gasteiger partial charge in [-0.3, -0.25) is 9.59 Å². The van der Waals surface area contributed by atoms with E-state index in [2.05, 4.69) is 0 Å². The van der Waals surface area contributed by atoms with Crippen molar-refractivity contribution < 1.29 is 18.7 Å². The van der Waals surface area contributed by atoms with Crippen molar-refractivity contribution in [3.8, 4) is 0 Å². The van der Waals surface area contributed by atoms with E-state index in [9.17, 15) is 14.0 Å². The Balaban J connectivity index is 1.61. The number of rotatable bonds is 6. The van der Waals surface area contributed by atoms with Crippen LogP contribution in [0.4, 0.5) is 4.39 Å².